The minimum Gasteiger partial charge on any atom is -0.494 e. The van der Waals surface area contributed by atoms with Crippen LogP contribution in [0.15, 0.2) is 72.8 Å². The van der Waals surface area contributed by atoms with Gasteiger partial charge in [0, 0.05) is 24.2 Å². The molecule has 4 aromatic rings. The van der Waals surface area contributed by atoms with Crippen LogP contribution >= 0.6 is 0 Å². The molecular weight excluding hydrogens is 386 g/mol. The fourth-order valence-electron chi connectivity index (χ4n) is 3.80. The molecule has 0 saturated carbocycles. The molecule has 0 aliphatic carbocycles. The van der Waals surface area contributed by atoms with Gasteiger partial charge in [0.05, 0.1) is 17.6 Å². The van der Waals surface area contributed by atoms with Gasteiger partial charge in [0.15, 0.2) is 0 Å². The molecule has 0 fully saturated rings. The number of carbonyl (C=O) groups is 1. The highest BCUT2D eigenvalue weighted by Crippen LogP contribution is 2.19. The van der Waals surface area contributed by atoms with Gasteiger partial charge in [-0.1, -0.05) is 24.3 Å². The monoisotopic (exact) mass is 413 g/mol. The molecule has 0 atom stereocenters. The molecule has 1 N–H and O–H groups in total. The van der Waals surface area contributed by atoms with Crippen LogP contribution in [0, 0.1) is 0 Å². The Morgan fingerprint density at radius 1 is 0.968 bits per heavy atom. The largest absolute Gasteiger partial charge is 0.494 e. The lowest BCUT2D eigenvalue weighted by molar-refractivity contribution is 0.102. The summed E-state index contributed by atoms with van der Waals surface area (Å²) < 4.78 is 7.71. The zero-order chi connectivity index (χ0) is 21.6. The molecule has 0 bridgehead atoms. The molecular formula is C26H27N3O2. The summed E-state index contributed by atoms with van der Waals surface area (Å²) in [6.45, 7) is 5.58. The number of benzene rings is 3. The van der Waals surface area contributed by atoms with Crippen LogP contribution in [0.5, 0.6) is 5.75 Å². The van der Waals surface area contributed by atoms with E-state index in [1.165, 1.54) is 11.1 Å². The van der Waals surface area contributed by atoms with Crippen LogP contribution in [-0.2, 0) is 19.4 Å². The molecule has 0 spiro atoms. The van der Waals surface area contributed by atoms with Crippen LogP contribution in [0.1, 0.15) is 35.6 Å². The molecule has 158 valence electrons. The number of aromatic nitrogens is 2. The second-order valence-corrected chi connectivity index (χ2v) is 7.37. The number of aryl methyl sites for hydroxylation is 3. The van der Waals surface area contributed by atoms with E-state index < -0.39 is 0 Å². The number of ether oxygens (including phenoxy) is 1. The van der Waals surface area contributed by atoms with Crippen molar-refractivity contribution in [1.29, 1.82) is 0 Å². The van der Waals surface area contributed by atoms with E-state index in [1.54, 1.807) is 12.1 Å². The third-order valence-corrected chi connectivity index (χ3v) is 5.30. The smallest absolute Gasteiger partial charge is 0.255 e. The van der Waals surface area contributed by atoms with E-state index >= 15 is 0 Å². The SMILES string of the molecule is CCOc1ccc(C(=O)Nc2cccc(CCc3nc4ccccc4n3CC)c2)cc1. The maximum atomic E-state index is 12.6. The summed E-state index contributed by atoms with van der Waals surface area (Å²) in [4.78, 5) is 17.4. The Labute approximate surface area is 182 Å². The highest BCUT2D eigenvalue weighted by Gasteiger charge is 2.10. The Kier molecular flexibility index (Phi) is 6.32. The molecule has 31 heavy (non-hydrogen) atoms. The average Bonchev–Trinajstić information content (AvgIpc) is 3.16. The number of rotatable bonds is 8. The molecule has 4 rings (SSSR count). The van der Waals surface area contributed by atoms with Crippen LogP contribution < -0.4 is 10.1 Å². The molecule has 5 nitrogen and oxygen atoms in total. The third kappa shape index (κ3) is 4.77. The second-order valence-electron chi connectivity index (χ2n) is 7.37. The number of hydrogen-bond donors (Lipinski definition) is 1. The molecule has 5 heteroatoms. The Morgan fingerprint density at radius 3 is 2.55 bits per heavy atom. The van der Waals surface area contributed by atoms with E-state index in [9.17, 15) is 4.79 Å². The number of anilines is 1. The number of imidazole rings is 1. The average molecular weight is 414 g/mol. The third-order valence-electron chi connectivity index (χ3n) is 5.30. The maximum Gasteiger partial charge on any atom is 0.255 e. The first-order chi connectivity index (χ1) is 15.2. The molecule has 1 heterocycles. The van der Waals surface area contributed by atoms with E-state index in [0.717, 1.165) is 42.2 Å². The van der Waals surface area contributed by atoms with Gasteiger partial charge >= 0.3 is 0 Å². The van der Waals surface area contributed by atoms with Gasteiger partial charge in [0.2, 0.25) is 0 Å². The van der Waals surface area contributed by atoms with E-state index in [4.69, 9.17) is 9.72 Å². The van der Waals surface area contributed by atoms with Crippen LogP contribution in [0.3, 0.4) is 0 Å². The predicted octanol–water partition coefficient (Wildman–Crippen LogP) is 5.49. The zero-order valence-corrected chi connectivity index (χ0v) is 18.0. The van der Waals surface area contributed by atoms with Crippen molar-refractivity contribution in [2.45, 2.75) is 33.2 Å². The van der Waals surface area contributed by atoms with E-state index in [0.29, 0.717) is 12.2 Å². The summed E-state index contributed by atoms with van der Waals surface area (Å²) in [5.74, 6) is 1.72. The molecule has 1 amide bonds. The van der Waals surface area contributed by atoms with E-state index in [1.807, 2.05) is 43.3 Å². The minimum atomic E-state index is -0.132. The molecule has 3 aromatic carbocycles. The van der Waals surface area contributed by atoms with Crippen molar-refractivity contribution in [1.82, 2.24) is 9.55 Å². The summed E-state index contributed by atoms with van der Waals surface area (Å²) in [7, 11) is 0. The fourth-order valence-corrected chi connectivity index (χ4v) is 3.80. The maximum absolute atomic E-state index is 12.6. The van der Waals surface area contributed by atoms with Crippen molar-refractivity contribution in [3.8, 4) is 5.75 Å². The standard InChI is InChI=1S/C26H27N3O2/c1-3-29-24-11-6-5-10-23(24)28-25(29)17-12-19-8-7-9-21(18-19)27-26(30)20-13-15-22(16-14-20)31-4-2/h5-11,13-16,18H,3-4,12,17H2,1-2H3,(H,27,30). The molecule has 0 unspecified atom stereocenters. The Balaban J connectivity index is 1.43. The van der Waals surface area contributed by atoms with Crippen molar-refractivity contribution in [2.75, 3.05) is 11.9 Å². The van der Waals surface area contributed by atoms with E-state index in [-0.39, 0.29) is 5.91 Å². The van der Waals surface area contributed by atoms with Crippen molar-refractivity contribution < 1.29 is 9.53 Å². The lowest BCUT2D eigenvalue weighted by Gasteiger charge is -2.09. The lowest BCUT2D eigenvalue weighted by atomic mass is 10.1. The second kappa shape index (κ2) is 9.47. The summed E-state index contributed by atoms with van der Waals surface area (Å²) in [6, 6.07) is 23.4. The number of carbonyl (C=O) groups excluding carboxylic acids is 1. The molecule has 0 saturated heterocycles. The van der Waals surface area contributed by atoms with Crippen LogP contribution in [0.4, 0.5) is 5.69 Å². The van der Waals surface area contributed by atoms with Gasteiger partial charge in [0.25, 0.3) is 5.91 Å². The van der Waals surface area contributed by atoms with Gasteiger partial charge in [0.1, 0.15) is 11.6 Å². The normalized spacial score (nSPS) is 10.9. The highest BCUT2D eigenvalue weighted by molar-refractivity contribution is 6.04. The fraction of sp³-hybridized carbons (Fsp3) is 0.231. The number of para-hydroxylation sites is 2. The zero-order valence-electron chi connectivity index (χ0n) is 18.0. The quantitative estimate of drug-likeness (QED) is 0.415. The van der Waals surface area contributed by atoms with Crippen molar-refractivity contribution in [3.63, 3.8) is 0 Å². The highest BCUT2D eigenvalue weighted by atomic mass is 16.5. The van der Waals surface area contributed by atoms with Crippen molar-refractivity contribution >= 4 is 22.6 Å². The summed E-state index contributed by atoms with van der Waals surface area (Å²) >= 11 is 0. The van der Waals surface area contributed by atoms with Crippen LogP contribution in [0.25, 0.3) is 11.0 Å². The van der Waals surface area contributed by atoms with Gasteiger partial charge in [-0.2, -0.15) is 0 Å². The first-order valence-electron chi connectivity index (χ1n) is 10.7. The summed E-state index contributed by atoms with van der Waals surface area (Å²) in [6.07, 6.45) is 1.70. The first-order valence-corrected chi connectivity index (χ1v) is 10.7. The summed E-state index contributed by atoms with van der Waals surface area (Å²) in [5, 5.41) is 2.99. The number of nitrogens with zero attached hydrogens (tertiary/aromatic N) is 2. The molecule has 0 aliphatic rings. The van der Waals surface area contributed by atoms with Gasteiger partial charge in [-0.15, -0.1) is 0 Å². The number of amides is 1. The van der Waals surface area contributed by atoms with Gasteiger partial charge < -0.3 is 14.6 Å². The minimum absolute atomic E-state index is 0.132. The Bertz CT molecular complexity index is 1180. The lowest BCUT2D eigenvalue weighted by Crippen LogP contribution is -2.12. The van der Waals surface area contributed by atoms with Gasteiger partial charge in [-0.3, -0.25) is 4.79 Å². The molecule has 0 aliphatic heterocycles. The first kappa shape index (κ1) is 20.7. The molecule has 0 radical (unpaired) electrons. The predicted molar refractivity (Wildman–Crippen MR) is 125 cm³/mol. The number of fused-ring (bicyclic) bond motifs is 1. The van der Waals surface area contributed by atoms with Crippen LogP contribution in [-0.4, -0.2) is 22.1 Å². The summed E-state index contributed by atoms with van der Waals surface area (Å²) in [5.41, 5.74) is 4.78. The number of nitrogens with one attached hydrogen (secondary N) is 1. The van der Waals surface area contributed by atoms with Crippen molar-refractivity contribution in [3.05, 3.63) is 89.7 Å². The van der Waals surface area contributed by atoms with Gasteiger partial charge in [-0.25, -0.2) is 4.98 Å². The van der Waals surface area contributed by atoms with E-state index in [2.05, 4.69) is 41.1 Å². The molecule has 1 aromatic heterocycles. The topological polar surface area (TPSA) is 56.1 Å². The number of hydrogen-bond acceptors (Lipinski definition) is 3. The van der Waals surface area contributed by atoms with Crippen molar-refractivity contribution in [2.24, 2.45) is 0 Å². The van der Waals surface area contributed by atoms with Crippen LogP contribution in [0.2, 0.25) is 0 Å². The Hall–Kier alpha value is -3.60. The van der Waals surface area contributed by atoms with Gasteiger partial charge in [-0.05, 0) is 74.4 Å². The Morgan fingerprint density at radius 2 is 1.77 bits per heavy atom.